The third kappa shape index (κ3) is 4.67. The summed E-state index contributed by atoms with van der Waals surface area (Å²) in [4.78, 5) is 27.8. The number of methoxy groups -OCH3 is 2. The van der Waals surface area contributed by atoms with Crippen molar-refractivity contribution < 1.29 is 23.4 Å². The van der Waals surface area contributed by atoms with Gasteiger partial charge in [-0.05, 0) is 42.7 Å². The Bertz CT molecular complexity index is 1350. The van der Waals surface area contributed by atoms with Gasteiger partial charge >= 0.3 is 0 Å². The fourth-order valence-corrected chi connectivity index (χ4v) is 4.68. The van der Waals surface area contributed by atoms with E-state index in [2.05, 4.69) is 10.2 Å². The van der Waals surface area contributed by atoms with Crippen molar-refractivity contribution in [2.75, 3.05) is 52.4 Å². The van der Waals surface area contributed by atoms with Crippen molar-refractivity contribution in [1.29, 1.82) is 0 Å². The van der Waals surface area contributed by atoms with Crippen molar-refractivity contribution in [2.24, 2.45) is 0 Å². The highest BCUT2D eigenvalue weighted by atomic mass is 16.5. The molecule has 0 unspecified atom stereocenters. The zero-order valence-corrected chi connectivity index (χ0v) is 19.9. The summed E-state index contributed by atoms with van der Waals surface area (Å²) in [6, 6.07) is 10.9. The third-order valence-corrected chi connectivity index (χ3v) is 6.44. The number of amides is 1. The number of fused-ring (bicyclic) bond motifs is 2. The van der Waals surface area contributed by atoms with Crippen molar-refractivity contribution in [1.82, 2.24) is 4.90 Å². The lowest BCUT2D eigenvalue weighted by molar-refractivity contribution is -0.118. The lowest BCUT2D eigenvalue weighted by Gasteiger charge is -2.25. The third-order valence-electron chi connectivity index (χ3n) is 6.44. The topological polar surface area (TPSA) is 90.2 Å². The minimum atomic E-state index is -0.111. The van der Waals surface area contributed by atoms with E-state index >= 15 is 0 Å². The summed E-state index contributed by atoms with van der Waals surface area (Å²) in [7, 11) is 3.20. The molecule has 2 heterocycles. The number of ether oxygens (including phenoxy) is 3. The first-order chi connectivity index (χ1) is 17.1. The van der Waals surface area contributed by atoms with Gasteiger partial charge < -0.3 is 23.9 Å². The largest absolute Gasteiger partial charge is 0.493 e. The van der Waals surface area contributed by atoms with Crippen LogP contribution < -0.4 is 20.2 Å². The van der Waals surface area contributed by atoms with E-state index in [0.717, 1.165) is 24.2 Å². The Morgan fingerprint density at radius 3 is 2.71 bits per heavy atom. The number of para-hydroxylation sites is 1. The lowest BCUT2D eigenvalue weighted by Crippen LogP contribution is -2.41. The number of rotatable bonds is 6. The van der Waals surface area contributed by atoms with Crippen molar-refractivity contribution in [3.8, 4) is 11.5 Å². The van der Waals surface area contributed by atoms with Gasteiger partial charge in [-0.2, -0.15) is 0 Å². The fourth-order valence-electron chi connectivity index (χ4n) is 4.68. The smallest absolute Gasteiger partial charge is 0.238 e. The summed E-state index contributed by atoms with van der Waals surface area (Å²) in [5.74, 6) is 1.74. The molecule has 1 N–H and O–H groups in total. The van der Waals surface area contributed by atoms with Gasteiger partial charge in [-0.15, -0.1) is 0 Å². The van der Waals surface area contributed by atoms with Gasteiger partial charge in [0, 0.05) is 36.0 Å². The first-order valence-electron chi connectivity index (χ1n) is 11.7. The van der Waals surface area contributed by atoms with Crippen LogP contribution in [-0.4, -0.2) is 57.9 Å². The van der Waals surface area contributed by atoms with Gasteiger partial charge in [0.15, 0.2) is 16.9 Å². The number of morpholine rings is 1. The van der Waals surface area contributed by atoms with Gasteiger partial charge in [-0.3, -0.25) is 14.5 Å². The second-order valence-electron chi connectivity index (χ2n) is 8.64. The average molecular weight is 477 g/mol. The van der Waals surface area contributed by atoms with Gasteiger partial charge in [0.2, 0.25) is 5.91 Å². The van der Waals surface area contributed by atoms with Crippen molar-refractivity contribution in [2.45, 2.75) is 12.8 Å². The molecule has 0 radical (unpaired) electrons. The lowest BCUT2D eigenvalue weighted by atomic mass is 10.1. The van der Waals surface area contributed by atoms with Gasteiger partial charge in [0.25, 0.3) is 0 Å². The summed E-state index contributed by atoms with van der Waals surface area (Å²) < 4.78 is 22.5. The number of benzene rings is 2. The van der Waals surface area contributed by atoms with Crippen LogP contribution in [0.3, 0.4) is 0 Å². The number of anilines is 1. The number of nitrogens with zero attached hydrogens (tertiary/aromatic N) is 1. The maximum Gasteiger partial charge on any atom is 0.238 e. The summed E-state index contributed by atoms with van der Waals surface area (Å²) in [6.07, 6.45) is 3.29. The highest BCUT2D eigenvalue weighted by molar-refractivity contribution is 5.95. The number of allylic oxidation sites excluding steroid dienone is 1. The molecule has 5 rings (SSSR count). The molecule has 2 aromatic carbocycles. The maximum absolute atomic E-state index is 13.2. The Kier molecular flexibility index (Phi) is 6.57. The predicted molar refractivity (Wildman–Crippen MR) is 134 cm³/mol. The standard InChI is InChI=1S/C27H28N2O6/c1-32-22-5-3-4-17(27(22)33-2)14-18-6-8-21-25(31)20-9-7-19(15-23(20)35-26(18)21)28-24(30)16-29-10-12-34-13-11-29/h3-5,7,9,14-15H,6,8,10-13,16H2,1-2H3,(H,28,30). The Labute approximate surface area is 203 Å². The number of hydrogen-bond acceptors (Lipinski definition) is 7. The molecular formula is C27H28N2O6. The quantitative estimate of drug-likeness (QED) is 0.582. The van der Waals surface area contributed by atoms with Crippen LogP contribution in [0, 0.1) is 0 Å². The van der Waals surface area contributed by atoms with E-state index < -0.39 is 0 Å². The van der Waals surface area contributed by atoms with Crippen molar-refractivity contribution in [3.05, 3.63) is 63.5 Å². The van der Waals surface area contributed by atoms with Crippen LogP contribution in [0.4, 0.5) is 5.69 Å². The molecule has 35 heavy (non-hydrogen) atoms. The molecule has 1 amide bonds. The Balaban J connectivity index is 1.45. The molecule has 0 bridgehead atoms. The van der Waals surface area contributed by atoms with Crippen LogP contribution in [0.5, 0.6) is 11.5 Å². The molecule has 0 saturated carbocycles. The summed E-state index contributed by atoms with van der Waals surface area (Å²) >= 11 is 0. The Morgan fingerprint density at radius 2 is 1.94 bits per heavy atom. The number of nitrogens with one attached hydrogen (secondary N) is 1. The highest BCUT2D eigenvalue weighted by Gasteiger charge is 2.25. The van der Waals surface area contributed by atoms with Crippen molar-refractivity contribution >= 4 is 34.2 Å². The van der Waals surface area contributed by atoms with Crippen LogP contribution in [0.2, 0.25) is 0 Å². The monoisotopic (exact) mass is 476 g/mol. The van der Waals surface area contributed by atoms with Crippen LogP contribution >= 0.6 is 0 Å². The number of hydrogen-bond donors (Lipinski definition) is 1. The van der Waals surface area contributed by atoms with Gasteiger partial charge in [0.1, 0.15) is 11.3 Å². The number of carbonyl (C=O) groups excluding carboxylic acids is 1. The van der Waals surface area contributed by atoms with Gasteiger partial charge in [-0.25, -0.2) is 0 Å². The average Bonchev–Trinajstić information content (AvgIpc) is 3.27. The molecular weight excluding hydrogens is 448 g/mol. The SMILES string of the molecule is COc1cccc(C=C2CCc3c2oc2cc(NC(=O)CN4CCOCC4)ccc2c3=O)c1OC. The van der Waals surface area contributed by atoms with E-state index in [1.807, 2.05) is 24.3 Å². The van der Waals surface area contributed by atoms with E-state index in [0.29, 0.717) is 72.1 Å². The molecule has 1 fully saturated rings. The zero-order chi connectivity index (χ0) is 24.4. The zero-order valence-electron chi connectivity index (χ0n) is 19.9. The van der Waals surface area contributed by atoms with Crippen LogP contribution in [0.15, 0.2) is 45.6 Å². The Morgan fingerprint density at radius 1 is 1.11 bits per heavy atom. The molecule has 1 aliphatic carbocycles. The Hall–Kier alpha value is -3.62. The predicted octanol–water partition coefficient (Wildman–Crippen LogP) is 3.57. The molecule has 0 spiro atoms. The molecule has 1 aromatic heterocycles. The summed E-state index contributed by atoms with van der Waals surface area (Å²) in [5.41, 5.74) is 3.46. The van der Waals surface area contributed by atoms with E-state index in [1.165, 1.54) is 0 Å². The van der Waals surface area contributed by atoms with E-state index in [9.17, 15) is 9.59 Å². The first kappa shape index (κ1) is 23.1. The van der Waals surface area contributed by atoms with E-state index in [1.54, 1.807) is 32.4 Å². The normalized spacial score (nSPS) is 16.9. The number of carbonyl (C=O) groups is 1. The molecule has 3 aromatic rings. The minimum Gasteiger partial charge on any atom is -0.493 e. The van der Waals surface area contributed by atoms with Crippen molar-refractivity contribution in [3.63, 3.8) is 0 Å². The second kappa shape index (κ2) is 9.93. The van der Waals surface area contributed by atoms with E-state index in [4.69, 9.17) is 18.6 Å². The second-order valence-corrected chi connectivity index (χ2v) is 8.64. The first-order valence-corrected chi connectivity index (χ1v) is 11.7. The molecule has 1 aliphatic heterocycles. The molecule has 2 aliphatic rings. The highest BCUT2D eigenvalue weighted by Crippen LogP contribution is 2.38. The van der Waals surface area contributed by atoms with Crippen LogP contribution in [0.25, 0.3) is 22.6 Å². The maximum atomic E-state index is 13.2. The molecule has 182 valence electrons. The molecule has 8 nitrogen and oxygen atoms in total. The van der Waals surface area contributed by atoms with Crippen LogP contribution in [-0.2, 0) is 16.0 Å². The van der Waals surface area contributed by atoms with Gasteiger partial charge in [0.05, 0.1) is 39.4 Å². The van der Waals surface area contributed by atoms with Crippen LogP contribution in [0.1, 0.15) is 23.3 Å². The van der Waals surface area contributed by atoms with Gasteiger partial charge in [-0.1, -0.05) is 12.1 Å². The minimum absolute atomic E-state index is 0.0338. The molecule has 1 saturated heterocycles. The molecule has 8 heteroatoms. The fraction of sp³-hybridized carbons (Fsp3) is 0.333. The molecule has 0 atom stereocenters. The summed E-state index contributed by atoms with van der Waals surface area (Å²) in [5, 5.41) is 3.43. The summed E-state index contributed by atoms with van der Waals surface area (Å²) in [6.45, 7) is 3.04. The van der Waals surface area contributed by atoms with E-state index in [-0.39, 0.29) is 11.3 Å².